The van der Waals surface area contributed by atoms with Crippen molar-refractivity contribution in [1.82, 2.24) is 9.97 Å². The molecule has 9 heteroatoms. The van der Waals surface area contributed by atoms with Gasteiger partial charge in [0, 0.05) is 5.56 Å². The highest BCUT2D eigenvalue weighted by atomic mass is 16.6. The number of aromatic nitrogens is 2. The summed E-state index contributed by atoms with van der Waals surface area (Å²) in [5.74, 6) is -0.148. The van der Waals surface area contributed by atoms with Crippen LogP contribution in [0.4, 0.5) is 0 Å². The normalized spacial score (nSPS) is 10.4. The van der Waals surface area contributed by atoms with Crippen LogP contribution in [0.1, 0.15) is 5.56 Å². The second kappa shape index (κ2) is 8.32. The summed E-state index contributed by atoms with van der Waals surface area (Å²) in [6, 6.07) is 8.44. The molecule has 0 unspecified atom stereocenters. The van der Waals surface area contributed by atoms with E-state index in [0.717, 1.165) is 0 Å². The minimum absolute atomic E-state index is 0.0264. The lowest BCUT2D eigenvalue weighted by Crippen LogP contribution is -2.03. The Balaban J connectivity index is 2.19. The molecule has 0 atom stereocenters. The molecule has 1 aromatic heterocycles. The molecule has 0 amide bonds. The molecule has 1 heterocycles. The molecule has 126 valence electrons. The lowest BCUT2D eigenvalue weighted by Gasteiger charge is -2.09. The minimum Gasteiger partial charge on any atom is -0.481 e. The van der Waals surface area contributed by atoms with E-state index in [0.29, 0.717) is 11.3 Å². The van der Waals surface area contributed by atoms with Crippen LogP contribution >= 0.6 is 0 Å². The van der Waals surface area contributed by atoms with Gasteiger partial charge in [-0.25, -0.2) is 4.79 Å². The number of nitrogens with zero attached hydrogens (tertiary/aromatic N) is 3. The fraction of sp³-hybridized carbons (Fsp3) is 0.200. The number of aliphatic carboxylic acids is 1. The van der Waals surface area contributed by atoms with Crippen LogP contribution in [0.5, 0.6) is 23.5 Å². The highest BCUT2D eigenvalue weighted by Gasteiger charge is 2.09. The second-order valence-corrected chi connectivity index (χ2v) is 4.28. The molecule has 24 heavy (non-hydrogen) atoms. The fourth-order valence-electron chi connectivity index (χ4n) is 1.60. The number of benzene rings is 1. The molecule has 9 nitrogen and oxygen atoms in total. The molecule has 0 bridgehead atoms. The topological polar surface area (TPSA) is 112 Å². The molecule has 0 fully saturated rings. The smallest absolute Gasteiger partial charge is 0.344 e. The summed E-state index contributed by atoms with van der Waals surface area (Å²) in [6.07, 6.45) is 1.33. The van der Waals surface area contributed by atoms with Gasteiger partial charge in [-0.15, -0.1) is 0 Å². The van der Waals surface area contributed by atoms with Crippen LogP contribution in [0.25, 0.3) is 0 Å². The van der Waals surface area contributed by atoms with E-state index in [1.807, 2.05) is 0 Å². The van der Waals surface area contributed by atoms with Gasteiger partial charge >= 0.3 is 12.0 Å². The summed E-state index contributed by atoms with van der Waals surface area (Å²) < 4.78 is 15.7. The summed E-state index contributed by atoms with van der Waals surface area (Å²) in [7, 11) is 2.93. The van der Waals surface area contributed by atoms with Crippen LogP contribution in [0.15, 0.2) is 35.5 Å². The van der Waals surface area contributed by atoms with E-state index in [1.54, 1.807) is 24.3 Å². The lowest BCUT2D eigenvalue weighted by atomic mass is 10.2. The number of carbonyl (C=O) groups is 1. The average Bonchev–Trinajstić information content (AvgIpc) is 2.59. The molecule has 0 aliphatic rings. The number of oxime groups is 1. The second-order valence-electron chi connectivity index (χ2n) is 4.28. The molecule has 0 saturated carbocycles. The van der Waals surface area contributed by atoms with E-state index in [4.69, 9.17) is 19.3 Å². The van der Waals surface area contributed by atoms with Gasteiger partial charge in [0.2, 0.25) is 18.4 Å². The monoisotopic (exact) mass is 333 g/mol. The third-order valence-electron chi connectivity index (χ3n) is 2.65. The van der Waals surface area contributed by atoms with E-state index in [9.17, 15) is 4.79 Å². The largest absolute Gasteiger partial charge is 0.481 e. The van der Waals surface area contributed by atoms with Gasteiger partial charge in [0.15, 0.2) is 0 Å². The Labute approximate surface area is 137 Å². The summed E-state index contributed by atoms with van der Waals surface area (Å²) in [5.41, 5.74) is 0.549. The Hall–Kier alpha value is -3.36. The Morgan fingerprint density at radius 2 is 1.88 bits per heavy atom. The van der Waals surface area contributed by atoms with Crippen LogP contribution in [0, 0.1) is 0 Å². The van der Waals surface area contributed by atoms with Gasteiger partial charge in [-0.2, -0.15) is 9.97 Å². The van der Waals surface area contributed by atoms with Crippen molar-refractivity contribution in [2.45, 2.75) is 0 Å². The standard InChI is InChI=1S/C15H15N3O6/c1-21-12-7-13(22-2)18-15(17-12)24-11-6-4-3-5-10(11)8-16-23-9-14(19)20/h3-8H,9H2,1-2H3,(H,19,20)/b16-8+. The van der Waals surface area contributed by atoms with Crippen LogP contribution in [-0.4, -0.2) is 48.1 Å². The Morgan fingerprint density at radius 3 is 2.50 bits per heavy atom. The van der Waals surface area contributed by atoms with Crippen molar-refractivity contribution < 1.29 is 28.9 Å². The highest BCUT2D eigenvalue weighted by molar-refractivity contribution is 5.83. The van der Waals surface area contributed by atoms with Crippen molar-refractivity contribution in [2.24, 2.45) is 5.16 Å². The first-order valence-electron chi connectivity index (χ1n) is 6.73. The molecule has 0 spiro atoms. The summed E-state index contributed by atoms with van der Waals surface area (Å²) >= 11 is 0. The minimum atomic E-state index is -1.12. The average molecular weight is 333 g/mol. The highest BCUT2D eigenvalue weighted by Crippen LogP contribution is 2.25. The van der Waals surface area contributed by atoms with Gasteiger partial charge in [-0.1, -0.05) is 17.3 Å². The predicted octanol–water partition coefficient (Wildman–Crippen LogP) is 1.72. The number of carboxylic acids is 1. The van der Waals surface area contributed by atoms with Crippen LogP contribution in [0.2, 0.25) is 0 Å². The van der Waals surface area contributed by atoms with Crippen molar-refractivity contribution in [1.29, 1.82) is 0 Å². The molecular formula is C15H15N3O6. The van der Waals surface area contributed by atoms with Gasteiger partial charge in [0.05, 0.1) is 26.5 Å². The van der Waals surface area contributed by atoms with E-state index in [1.165, 1.54) is 26.5 Å². The van der Waals surface area contributed by atoms with Crippen molar-refractivity contribution in [3.63, 3.8) is 0 Å². The van der Waals surface area contributed by atoms with Crippen LogP contribution < -0.4 is 14.2 Å². The first-order chi connectivity index (χ1) is 11.6. The van der Waals surface area contributed by atoms with Crippen LogP contribution in [-0.2, 0) is 9.63 Å². The maximum absolute atomic E-state index is 10.4. The third kappa shape index (κ3) is 4.83. The number of hydrogen-bond donors (Lipinski definition) is 1. The number of methoxy groups -OCH3 is 2. The quantitative estimate of drug-likeness (QED) is 0.574. The number of hydrogen-bond acceptors (Lipinski definition) is 8. The lowest BCUT2D eigenvalue weighted by molar-refractivity contribution is -0.142. The molecule has 0 aliphatic heterocycles. The maximum Gasteiger partial charge on any atom is 0.344 e. The first kappa shape index (κ1) is 17.0. The number of rotatable bonds is 8. The summed E-state index contributed by atoms with van der Waals surface area (Å²) in [4.78, 5) is 23.1. The molecule has 2 aromatic rings. The Bertz CT molecular complexity index is 713. The van der Waals surface area contributed by atoms with Crippen LogP contribution in [0.3, 0.4) is 0 Å². The van der Waals surface area contributed by atoms with Gasteiger partial charge in [0.25, 0.3) is 0 Å². The molecule has 0 saturated heterocycles. The van der Waals surface area contributed by atoms with Crippen molar-refractivity contribution in [3.8, 4) is 23.5 Å². The fourth-order valence-corrected chi connectivity index (χ4v) is 1.60. The van der Waals surface area contributed by atoms with E-state index in [2.05, 4.69) is 20.0 Å². The number of para-hydroxylation sites is 1. The zero-order chi connectivity index (χ0) is 17.4. The summed E-state index contributed by atoms with van der Waals surface area (Å²) in [6.45, 7) is -0.532. The molecule has 0 radical (unpaired) electrons. The van der Waals surface area contributed by atoms with Crippen molar-refractivity contribution >= 4 is 12.2 Å². The Morgan fingerprint density at radius 1 is 1.21 bits per heavy atom. The molecule has 1 N–H and O–H groups in total. The van der Waals surface area contributed by atoms with E-state index < -0.39 is 12.6 Å². The van der Waals surface area contributed by atoms with Gasteiger partial charge < -0.3 is 24.2 Å². The third-order valence-corrected chi connectivity index (χ3v) is 2.65. The van der Waals surface area contributed by atoms with Crippen molar-refractivity contribution in [2.75, 3.05) is 20.8 Å². The predicted molar refractivity (Wildman–Crippen MR) is 82.8 cm³/mol. The number of ether oxygens (including phenoxy) is 3. The number of carboxylic acid groups (broad SMARTS) is 1. The zero-order valence-electron chi connectivity index (χ0n) is 13.0. The zero-order valence-corrected chi connectivity index (χ0v) is 13.0. The Kier molecular flexibility index (Phi) is 5.89. The first-order valence-corrected chi connectivity index (χ1v) is 6.73. The van der Waals surface area contributed by atoms with Gasteiger partial charge in [-0.3, -0.25) is 0 Å². The maximum atomic E-state index is 10.4. The van der Waals surface area contributed by atoms with E-state index in [-0.39, 0.29) is 17.8 Å². The van der Waals surface area contributed by atoms with Crippen molar-refractivity contribution in [3.05, 3.63) is 35.9 Å². The molecule has 2 rings (SSSR count). The van der Waals surface area contributed by atoms with Gasteiger partial charge in [-0.05, 0) is 12.1 Å². The van der Waals surface area contributed by atoms with E-state index >= 15 is 0 Å². The van der Waals surface area contributed by atoms with Gasteiger partial charge in [0.1, 0.15) is 5.75 Å². The summed E-state index contributed by atoms with van der Waals surface area (Å²) in [5, 5.41) is 12.1. The molecule has 1 aromatic carbocycles. The SMILES string of the molecule is COc1cc(OC)nc(Oc2ccccc2/C=N/OCC(=O)O)n1. The molecular weight excluding hydrogens is 318 g/mol. The molecule has 0 aliphatic carbocycles.